The van der Waals surface area contributed by atoms with E-state index in [1.54, 1.807) is 7.11 Å². The molecule has 0 bridgehead atoms. The molecule has 2 aliphatic carbocycles. The van der Waals surface area contributed by atoms with Gasteiger partial charge in [-0.25, -0.2) is 0 Å². The number of Topliss-reactive ketones (excluding diaryl/α,β-unsaturated/α-hetero) is 1. The Hall–Kier alpha value is -2.14. The van der Waals surface area contributed by atoms with Crippen molar-refractivity contribution in [2.75, 3.05) is 7.11 Å². The molecule has 2 N–H and O–H groups in total. The average molecular weight is 498 g/mol. The van der Waals surface area contributed by atoms with Crippen molar-refractivity contribution < 1.29 is 19.4 Å². The highest BCUT2D eigenvalue weighted by atomic mass is 16.5. The number of amides is 1. The highest BCUT2D eigenvalue weighted by Gasteiger charge is 2.34. The number of allylic oxidation sites excluding steroid dienone is 1. The van der Waals surface area contributed by atoms with E-state index in [1.165, 1.54) is 12.8 Å². The van der Waals surface area contributed by atoms with Crippen LogP contribution in [0.5, 0.6) is 5.75 Å². The standard InChI is InChI=1S/C31H47NO4/c1-3-4-7-10-26(33)19-15-23-18-22-29(34)28(23)11-8-5-6-9-12-30(35)32-31(24-13-14-24)25-16-20-27(36-2)21-17-25/h15-17,19-21,23-24,26,28,31,33H,3-14,18,22H2,1-2H3,(H,32,35)/b19-15+/t23-,26-,28+,31-/m0/s1. The van der Waals surface area contributed by atoms with Crippen LogP contribution in [0.25, 0.3) is 0 Å². The Morgan fingerprint density at radius 1 is 1.08 bits per heavy atom. The zero-order chi connectivity index (χ0) is 25.8. The van der Waals surface area contributed by atoms with E-state index in [0.29, 0.717) is 24.5 Å². The Labute approximate surface area is 218 Å². The van der Waals surface area contributed by atoms with Gasteiger partial charge in [0.2, 0.25) is 5.91 Å². The number of unbranched alkanes of at least 4 members (excludes halogenated alkanes) is 5. The van der Waals surface area contributed by atoms with E-state index in [1.807, 2.05) is 18.2 Å². The highest BCUT2D eigenvalue weighted by Crippen LogP contribution is 2.41. The SMILES string of the molecule is CCCCC[C@H](O)/C=C/[C@H]1CCC(=O)[C@@H]1CCCCCCC(=O)N[C@H](c1ccc(OC)cc1)C1CC1. The maximum absolute atomic E-state index is 12.6. The normalized spacial score (nSPS) is 21.6. The first-order valence-electron chi connectivity index (χ1n) is 14.3. The lowest BCUT2D eigenvalue weighted by atomic mass is 9.89. The Kier molecular flexibility index (Phi) is 12.0. The quantitative estimate of drug-likeness (QED) is 0.186. The Balaban J connectivity index is 1.32. The third kappa shape index (κ3) is 9.38. The number of aliphatic hydroxyl groups is 1. The van der Waals surface area contributed by atoms with Crippen LogP contribution in [0.4, 0.5) is 0 Å². The predicted octanol–water partition coefficient (Wildman–Crippen LogP) is 6.70. The molecule has 0 aliphatic heterocycles. The van der Waals surface area contributed by atoms with Gasteiger partial charge in [-0.2, -0.15) is 0 Å². The van der Waals surface area contributed by atoms with Crippen molar-refractivity contribution >= 4 is 11.7 Å². The monoisotopic (exact) mass is 497 g/mol. The third-order valence-electron chi connectivity index (χ3n) is 7.89. The lowest BCUT2D eigenvalue weighted by Gasteiger charge is -2.19. The second-order valence-electron chi connectivity index (χ2n) is 10.8. The summed E-state index contributed by atoms with van der Waals surface area (Å²) in [5.41, 5.74) is 1.16. The maximum atomic E-state index is 12.6. The molecule has 4 atom stereocenters. The van der Waals surface area contributed by atoms with Crippen LogP contribution in [0.1, 0.15) is 108 Å². The molecule has 3 rings (SSSR count). The summed E-state index contributed by atoms with van der Waals surface area (Å²) in [5, 5.41) is 13.4. The highest BCUT2D eigenvalue weighted by molar-refractivity contribution is 5.83. The second kappa shape index (κ2) is 15.2. The Morgan fingerprint density at radius 2 is 1.83 bits per heavy atom. The molecule has 0 spiro atoms. The molecule has 0 heterocycles. The fourth-order valence-electron chi connectivity index (χ4n) is 5.47. The van der Waals surface area contributed by atoms with Gasteiger partial charge in [-0.05, 0) is 68.1 Å². The number of nitrogens with one attached hydrogen (secondary N) is 1. The lowest BCUT2D eigenvalue weighted by molar-refractivity contribution is -0.122. The molecule has 5 heteroatoms. The first-order chi connectivity index (χ1) is 17.5. The largest absolute Gasteiger partial charge is 0.497 e. The number of rotatable bonds is 17. The second-order valence-corrected chi connectivity index (χ2v) is 10.8. The van der Waals surface area contributed by atoms with Crippen LogP contribution in [0.15, 0.2) is 36.4 Å². The van der Waals surface area contributed by atoms with E-state index in [4.69, 9.17) is 4.74 Å². The summed E-state index contributed by atoms with van der Waals surface area (Å²) in [6, 6.07) is 8.14. The average Bonchev–Trinajstić information content (AvgIpc) is 3.67. The van der Waals surface area contributed by atoms with Gasteiger partial charge in [-0.1, -0.05) is 69.7 Å². The minimum atomic E-state index is -0.386. The number of hydrogen-bond donors (Lipinski definition) is 2. The Morgan fingerprint density at radius 3 is 2.53 bits per heavy atom. The van der Waals surface area contributed by atoms with E-state index < -0.39 is 0 Å². The molecular formula is C31H47NO4. The molecule has 2 fully saturated rings. The number of benzene rings is 1. The van der Waals surface area contributed by atoms with E-state index in [2.05, 4.69) is 30.4 Å². The van der Waals surface area contributed by atoms with Crippen LogP contribution in [0, 0.1) is 17.8 Å². The van der Waals surface area contributed by atoms with Gasteiger partial charge in [0.25, 0.3) is 0 Å². The van der Waals surface area contributed by atoms with Gasteiger partial charge < -0.3 is 15.2 Å². The lowest BCUT2D eigenvalue weighted by Crippen LogP contribution is -2.29. The van der Waals surface area contributed by atoms with Gasteiger partial charge in [-0.3, -0.25) is 9.59 Å². The summed E-state index contributed by atoms with van der Waals surface area (Å²) in [7, 11) is 1.66. The van der Waals surface area contributed by atoms with Crippen LogP contribution in [0.3, 0.4) is 0 Å². The van der Waals surface area contributed by atoms with E-state index >= 15 is 0 Å². The summed E-state index contributed by atoms with van der Waals surface area (Å²) in [4.78, 5) is 25.0. The van der Waals surface area contributed by atoms with Gasteiger partial charge >= 0.3 is 0 Å². The number of carbonyl (C=O) groups is 2. The minimum absolute atomic E-state index is 0.104. The summed E-state index contributed by atoms with van der Waals surface area (Å²) < 4.78 is 5.25. The molecule has 1 aromatic carbocycles. The van der Waals surface area contributed by atoms with Gasteiger partial charge in [-0.15, -0.1) is 0 Å². The topological polar surface area (TPSA) is 75.6 Å². The summed E-state index contributed by atoms with van der Waals surface area (Å²) in [6.07, 6.45) is 17.2. The molecule has 2 aliphatic rings. The third-order valence-corrected chi connectivity index (χ3v) is 7.89. The molecule has 36 heavy (non-hydrogen) atoms. The number of methoxy groups -OCH3 is 1. The molecule has 0 unspecified atom stereocenters. The van der Waals surface area contributed by atoms with Crippen LogP contribution in [0.2, 0.25) is 0 Å². The van der Waals surface area contributed by atoms with E-state index in [0.717, 1.165) is 75.5 Å². The van der Waals surface area contributed by atoms with E-state index in [9.17, 15) is 14.7 Å². The summed E-state index contributed by atoms with van der Waals surface area (Å²) in [5.74, 6) is 2.29. The molecule has 0 aromatic heterocycles. The number of ketones is 1. The van der Waals surface area contributed by atoms with Gasteiger partial charge in [0.05, 0.1) is 19.3 Å². The smallest absolute Gasteiger partial charge is 0.220 e. The van der Waals surface area contributed by atoms with Crippen LogP contribution < -0.4 is 10.1 Å². The van der Waals surface area contributed by atoms with Crippen molar-refractivity contribution in [1.29, 1.82) is 0 Å². The molecule has 0 saturated heterocycles. The zero-order valence-corrected chi connectivity index (χ0v) is 22.4. The van der Waals surface area contributed by atoms with E-state index in [-0.39, 0.29) is 29.9 Å². The van der Waals surface area contributed by atoms with Crippen LogP contribution in [-0.2, 0) is 9.59 Å². The van der Waals surface area contributed by atoms with Crippen molar-refractivity contribution in [3.8, 4) is 5.75 Å². The van der Waals surface area contributed by atoms with Crippen molar-refractivity contribution in [2.24, 2.45) is 17.8 Å². The molecule has 1 aromatic rings. The Bertz CT molecular complexity index is 829. The predicted molar refractivity (Wildman–Crippen MR) is 145 cm³/mol. The van der Waals surface area contributed by atoms with Gasteiger partial charge in [0, 0.05) is 18.8 Å². The molecule has 200 valence electrons. The van der Waals surface area contributed by atoms with Crippen molar-refractivity contribution in [2.45, 2.75) is 109 Å². The number of aliphatic hydroxyl groups excluding tert-OH is 1. The molecule has 1 amide bonds. The number of carbonyl (C=O) groups excluding carboxylic acids is 2. The zero-order valence-electron chi connectivity index (χ0n) is 22.4. The molecule has 5 nitrogen and oxygen atoms in total. The summed E-state index contributed by atoms with van der Waals surface area (Å²) >= 11 is 0. The molecule has 2 saturated carbocycles. The minimum Gasteiger partial charge on any atom is -0.497 e. The van der Waals surface area contributed by atoms with Gasteiger partial charge in [0.15, 0.2) is 0 Å². The summed E-state index contributed by atoms with van der Waals surface area (Å²) in [6.45, 7) is 2.17. The van der Waals surface area contributed by atoms with Crippen LogP contribution >= 0.6 is 0 Å². The van der Waals surface area contributed by atoms with Crippen molar-refractivity contribution in [3.63, 3.8) is 0 Å². The van der Waals surface area contributed by atoms with Gasteiger partial charge in [0.1, 0.15) is 11.5 Å². The number of ether oxygens (including phenoxy) is 1. The van der Waals surface area contributed by atoms with Crippen LogP contribution in [-0.4, -0.2) is 30.0 Å². The fourth-order valence-corrected chi connectivity index (χ4v) is 5.47. The maximum Gasteiger partial charge on any atom is 0.220 e. The first-order valence-corrected chi connectivity index (χ1v) is 14.3. The molecule has 0 radical (unpaired) electrons. The van der Waals surface area contributed by atoms with Crippen molar-refractivity contribution in [3.05, 3.63) is 42.0 Å². The first kappa shape index (κ1) is 28.4. The number of hydrogen-bond acceptors (Lipinski definition) is 4. The fraction of sp³-hybridized carbons (Fsp3) is 0.677. The molecular weight excluding hydrogens is 450 g/mol. The van der Waals surface area contributed by atoms with Crippen molar-refractivity contribution in [1.82, 2.24) is 5.32 Å².